The van der Waals surface area contributed by atoms with Gasteiger partial charge in [-0.15, -0.1) is 11.3 Å². The molecule has 0 radical (unpaired) electrons. The van der Waals surface area contributed by atoms with Gasteiger partial charge in [-0.3, -0.25) is 0 Å². The van der Waals surface area contributed by atoms with Crippen LogP contribution < -0.4 is 4.72 Å². The first kappa shape index (κ1) is 12.6. The zero-order valence-electron chi connectivity index (χ0n) is 10.2. The summed E-state index contributed by atoms with van der Waals surface area (Å²) in [5.41, 5.74) is 0. The molecule has 0 spiro atoms. The van der Waals surface area contributed by atoms with Crippen LogP contribution >= 0.6 is 11.3 Å². The van der Waals surface area contributed by atoms with Gasteiger partial charge in [-0.05, 0) is 50.2 Å². The third-order valence-corrected chi connectivity index (χ3v) is 6.59. The summed E-state index contributed by atoms with van der Waals surface area (Å²) in [6.45, 7) is 2.06. The van der Waals surface area contributed by atoms with Crippen LogP contribution in [0, 0.1) is 0 Å². The molecule has 0 aromatic carbocycles. The minimum Gasteiger partial charge on any atom is -0.300 e. The molecule has 2 aliphatic rings. The lowest BCUT2D eigenvalue weighted by Gasteiger charge is -2.32. The molecular formula is C12H18N2O2S2. The minimum absolute atomic E-state index is 0.104. The lowest BCUT2D eigenvalue weighted by atomic mass is 10.1. The Kier molecular flexibility index (Phi) is 3.44. The average Bonchev–Trinajstić information content (AvgIpc) is 3.04. The minimum atomic E-state index is -3.29. The second-order valence-electron chi connectivity index (χ2n) is 5.09. The van der Waals surface area contributed by atoms with Crippen LogP contribution in [0.5, 0.6) is 0 Å². The molecule has 2 fully saturated rings. The number of thiophene rings is 1. The number of nitrogens with zero attached hydrogens (tertiary/aromatic N) is 1. The van der Waals surface area contributed by atoms with Gasteiger partial charge in [0.15, 0.2) is 0 Å². The first-order valence-electron chi connectivity index (χ1n) is 6.45. The molecule has 1 saturated carbocycles. The van der Waals surface area contributed by atoms with Gasteiger partial charge in [-0.2, -0.15) is 0 Å². The summed E-state index contributed by atoms with van der Waals surface area (Å²) >= 11 is 1.27. The molecule has 4 nitrogen and oxygen atoms in total. The first-order valence-corrected chi connectivity index (χ1v) is 8.81. The van der Waals surface area contributed by atoms with Crippen molar-refractivity contribution in [2.75, 3.05) is 13.1 Å². The molecule has 1 aromatic heterocycles. The third kappa shape index (κ3) is 2.77. The predicted molar refractivity (Wildman–Crippen MR) is 72.3 cm³/mol. The number of rotatable bonds is 4. The molecule has 1 aliphatic carbocycles. The third-order valence-electron chi connectivity index (χ3n) is 3.67. The van der Waals surface area contributed by atoms with Crippen LogP contribution in [0.2, 0.25) is 0 Å². The van der Waals surface area contributed by atoms with E-state index >= 15 is 0 Å². The topological polar surface area (TPSA) is 49.4 Å². The highest BCUT2D eigenvalue weighted by atomic mass is 32.2. The number of sulfonamides is 1. The molecule has 1 aliphatic heterocycles. The van der Waals surface area contributed by atoms with Gasteiger partial charge in [-0.1, -0.05) is 6.07 Å². The Labute approximate surface area is 112 Å². The van der Waals surface area contributed by atoms with E-state index in [0.29, 0.717) is 4.21 Å². The van der Waals surface area contributed by atoms with Gasteiger partial charge in [0.25, 0.3) is 0 Å². The monoisotopic (exact) mass is 286 g/mol. The van der Waals surface area contributed by atoms with Gasteiger partial charge in [0.05, 0.1) is 0 Å². The fraction of sp³-hybridized carbons (Fsp3) is 0.667. The van der Waals surface area contributed by atoms with Crippen LogP contribution in [0.25, 0.3) is 0 Å². The maximum atomic E-state index is 12.1. The summed E-state index contributed by atoms with van der Waals surface area (Å²) in [4.78, 5) is 2.50. The normalized spacial score (nSPS) is 23.3. The Morgan fingerprint density at radius 1 is 1.22 bits per heavy atom. The van der Waals surface area contributed by atoms with E-state index < -0.39 is 10.0 Å². The Bertz CT molecular complexity index is 486. The second-order valence-corrected chi connectivity index (χ2v) is 7.98. The highest BCUT2D eigenvalue weighted by Crippen LogP contribution is 2.29. The van der Waals surface area contributed by atoms with E-state index in [4.69, 9.17) is 0 Å². The van der Waals surface area contributed by atoms with Gasteiger partial charge in [0.1, 0.15) is 4.21 Å². The van der Waals surface area contributed by atoms with Crippen molar-refractivity contribution in [2.24, 2.45) is 0 Å². The Morgan fingerprint density at radius 3 is 2.50 bits per heavy atom. The summed E-state index contributed by atoms with van der Waals surface area (Å²) in [6.07, 6.45) is 4.51. The summed E-state index contributed by atoms with van der Waals surface area (Å²) in [7, 11) is -3.29. The molecule has 1 N–H and O–H groups in total. The van der Waals surface area contributed by atoms with Crippen LogP contribution in [-0.4, -0.2) is 38.5 Å². The fourth-order valence-corrected chi connectivity index (χ4v) is 4.83. The molecule has 0 atom stereocenters. The van der Waals surface area contributed by atoms with Crippen LogP contribution in [0.3, 0.4) is 0 Å². The predicted octanol–water partition coefficient (Wildman–Crippen LogP) is 1.65. The SMILES string of the molecule is O=S(=O)(NC1CCN(C2CC2)CC1)c1cccs1. The summed E-state index contributed by atoms with van der Waals surface area (Å²) in [5, 5.41) is 1.80. The number of piperidine rings is 1. The molecule has 1 aromatic rings. The molecule has 3 rings (SSSR count). The molecule has 2 heterocycles. The van der Waals surface area contributed by atoms with E-state index in [1.54, 1.807) is 17.5 Å². The van der Waals surface area contributed by atoms with Crippen molar-refractivity contribution in [3.63, 3.8) is 0 Å². The van der Waals surface area contributed by atoms with Crippen molar-refractivity contribution >= 4 is 21.4 Å². The van der Waals surface area contributed by atoms with Crippen molar-refractivity contribution in [1.29, 1.82) is 0 Å². The number of hydrogen-bond donors (Lipinski definition) is 1. The molecule has 0 bridgehead atoms. The molecule has 0 amide bonds. The van der Waals surface area contributed by atoms with Crippen molar-refractivity contribution in [1.82, 2.24) is 9.62 Å². The van der Waals surface area contributed by atoms with Gasteiger partial charge < -0.3 is 4.90 Å². The van der Waals surface area contributed by atoms with Gasteiger partial charge in [0, 0.05) is 12.1 Å². The lowest BCUT2D eigenvalue weighted by Crippen LogP contribution is -2.45. The molecule has 6 heteroatoms. The highest BCUT2D eigenvalue weighted by molar-refractivity contribution is 7.91. The number of likely N-dealkylation sites (tertiary alicyclic amines) is 1. The maximum Gasteiger partial charge on any atom is 0.250 e. The molecule has 0 unspecified atom stereocenters. The summed E-state index contributed by atoms with van der Waals surface area (Å²) in [5.74, 6) is 0. The average molecular weight is 286 g/mol. The van der Waals surface area contributed by atoms with Crippen LogP contribution in [0.4, 0.5) is 0 Å². The second kappa shape index (κ2) is 4.92. The number of hydrogen-bond acceptors (Lipinski definition) is 4. The quantitative estimate of drug-likeness (QED) is 0.915. The molecule has 18 heavy (non-hydrogen) atoms. The highest BCUT2D eigenvalue weighted by Gasteiger charge is 2.33. The van der Waals surface area contributed by atoms with Crippen LogP contribution in [-0.2, 0) is 10.0 Å². The van der Waals surface area contributed by atoms with Gasteiger partial charge in [0.2, 0.25) is 10.0 Å². The smallest absolute Gasteiger partial charge is 0.250 e. The fourth-order valence-electron chi connectivity index (χ4n) is 2.52. The van der Waals surface area contributed by atoms with Crippen molar-refractivity contribution < 1.29 is 8.42 Å². The standard InChI is InChI=1S/C12H18N2O2S2/c15-18(16,12-2-1-9-17-12)13-10-5-7-14(8-6-10)11-3-4-11/h1-2,9-11,13H,3-8H2. The van der Waals surface area contributed by atoms with Crippen molar-refractivity contribution in [3.8, 4) is 0 Å². The van der Waals surface area contributed by atoms with E-state index in [9.17, 15) is 8.42 Å². The maximum absolute atomic E-state index is 12.1. The molecular weight excluding hydrogens is 268 g/mol. The lowest BCUT2D eigenvalue weighted by molar-refractivity contribution is 0.199. The summed E-state index contributed by atoms with van der Waals surface area (Å²) in [6, 6.07) is 4.33. The van der Waals surface area contributed by atoms with Gasteiger partial charge >= 0.3 is 0 Å². The Hall–Kier alpha value is -0.430. The zero-order chi connectivity index (χ0) is 12.6. The molecule has 1 saturated heterocycles. The van der Waals surface area contributed by atoms with E-state index in [0.717, 1.165) is 32.0 Å². The zero-order valence-corrected chi connectivity index (χ0v) is 11.8. The molecule has 100 valence electrons. The summed E-state index contributed by atoms with van der Waals surface area (Å²) < 4.78 is 27.4. The van der Waals surface area contributed by atoms with E-state index in [2.05, 4.69) is 9.62 Å². The van der Waals surface area contributed by atoms with Gasteiger partial charge in [-0.25, -0.2) is 13.1 Å². The Morgan fingerprint density at radius 2 is 1.94 bits per heavy atom. The van der Waals surface area contributed by atoms with Crippen LogP contribution in [0.1, 0.15) is 25.7 Å². The largest absolute Gasteiger partial charge is 0.300 e. The number of nitrogens with one attached hydrogen (secondary N) is 1. The van der Waals surface area contributed by atoms with E-state index in [1.165, 1.54) is 24.2 Å². The van der Waals surface area contributed by atoms with E-state index in [1.807, 2.05) is 0 Å². The van der Waals surface area contributed by atoms with Crippen molar-refractivity contribution in [2.45, 2.75) is 42.0 Å². The van der Waals surface area contributed by atoms with E-state index in [-0.39, 0.29) is 6.04 Å². The Balaban J connectivity index is 1.57. The van der Waals surface area contributed by atoms with Crippen LogP contribution in [0.15, 0.2) is 21.7 Å². The first-order chi connectivity index (χ1) is 8.65. The van der Waals surface area contributed by atoms with Crippen molar-refractivity contribution in [3.05, 3.63) is 17.5 Å².